The molecule has 1 amide bonds. The standard InChI is InChI=1S/C8H14N2O3S2/c1-8(4-14)10-5(3-15-8)7(13)9-2-6(11)12/h5,10,14H,2-4H2,1H3,(H,9,13)(H,11,12)/t5-,8?/m0/s1. The van der Waals surface area contributed by atoms with Crippen LogP contribution >= 0.6 is 24.4 Å². The van der Waals surface area contributed by atoms with Gasteiger partial charge >= 0.3 is 5.97 Å². The van der Waals surface area contributed by atoms with E-state index in [1.54, 1.807) is 11.8 Å². The van der Waals surface area contributed by atoms with Gasteiger partial charge in [0.1, 0.15) is 6.54 Å². The topological polar surface area (TPSA) is 78.4 Å². The number of carboxylic acids is 1. The molecule has 0 spiro atoms. The third-order valence-electron chi connectivity index (χ3n) is 2.08. The summed E-state index contributed by atoms with van der Waals surface area (Å²) in [7, 11) is 0. The second kappa shape index (κ2) is 5.09. The van der Waals surface area contributed by atoms with Crippen LogP contribution in [0.2, 0.25) is 0 Å². The number of hydrogen-bond acceptors (Lipinski definition) is 5. The van der Waals surface area contributed by atoms with Crippen molar-refractivity contribution < 1.29 is 14.7 Å². The van der Waals surface area contributed by atoms with Gasteiger partial charge in [-0.1, -0.05) is 0 Å². The van der Waals surface area contributed by atoms with Gasteiger partial charge in [0, 0.05) is 11.5 Å². The summed E-state index contributed by atoms with van der Waals surface area (Å²) in [5.74, 6) is -0.0375. The SMILES string of the molecule is CC1(CS)N[C@H](C(=O)NCC(=O)O)CS1. The molecule has 0 bridgehead atoms. The zero-order valence-electron chi connectivity index (χ0n) is 8.32. The zero-order chi connectivity index (χ0) is 11.5. The summed E-state index contributed by atoms with van der Waals surface area (Å²) < 4.78 is 0. The highest BCUT2D eigenvalue weighted by Crippen LogP contribution is 2.30. The lowest BCUT2D eigenvalue weighted by Crippen LogP contribution is -2.49. The minimum atomic E-state index is -1.04. The van der Waals surface area contributed by atoms with E-state index in [4.69, 9.17) is 5.11 Å². The van der Waals surface area contributed by atoms with Gasteiger partial charge < -0.3 is 10.4 Å². The second-order valence-corrected chi connectivity index (χ2v) is 5.35. The fraction of sp³-hybridized carbons (Fsp3) is 0.750. The quantitative estimate of drug-likeness (QED) is 0.508. The van der Waals surface area contributed by atoms with Crippen LogP contribution in [-0.2, 0) is 9.59 Å². The molecule has 2 atom stereocenters. The van der Waals surface area contributed by atoms with Crippen LogP contribution < -0.4 is 10.6 Å². The summed E-state index contributed by atoms with van der Waals surface area (Å²) in [5, 5.41) is 13.9. The lowest BCUT2D eigenvalue weighted by Gasteiger charge is -2.21. The van der Waals surface area contributed by atoms with Crippen LogP contribution in [0.15, 0.2) is 0 Å². The van der Waals surface area contributed by atoms with Crippen molar-refractivity contribution in [1.82, 2.24) is 10.6 Å². The Morgan fingerprint density at radius 3 is 2.87 bits per heavy atom. The first-order valence-corrected chi connectivity index (χ1v) is 6.11. The maximum Gasteiger partial charge on any atom is 0.322 e. The van der Waals surface area contributed by atoms with Crippen molar-refractivity contribution in [3.63, 3.8) is 0 Å². The van der Waals surface area contributed by atoms with Crippen LogP contribution in [0.1, 0.15) is 6.92 Å². The molecular formula is C8H14N2O3S2. The Bertz CT molecular complexity index is 275. The Hall–Kier alpha value is -0.400. The Labute approximate surface area is 97.8 Å². The fourth-order valence-corrected chi connectivity index (χ4v) is 2.69. The maximum absolute atomic E-state index is 11.5. The highest BCUT2D eigenvalue weighted by atomic mass is 32.2. The van der Waals surface area contributed by atoms with Crippen LogP contribution in [0.3, 0.4) is 0 Å². The molecule has 0 aromatic rings. The molecule has 3 N–H and O–H groups in total. The predicted molar refractivity (Wildman–Crippen MR) is 62.3 cm³/mol. The summed E-state index contributed by atoms with van der Waals surface area (Å²) >= 11 is 5.81. The van der Waals surface area contributed by atoms with E-state index in [0.717, 1.165) is 0 Å². The van der Waals surface area contributed by atoms with E-state index in [1.807, 2.05) is 6.92 Å². The number of aliphatic carboxylic acids is 1. The molecule has 1 aliphatic heterocycles. The number of rotatable bonds is 4. The van der Waals surface area contributed by atoms with Crippen LogP contribution in [0.25, 0.3) is 0 Å². The molecule has 1 saturated heterocycles. The van der Waals surface area contributed by atoms with Gasteiger partial charge in [0.25, 0.3) is 0 Å². The monoisotopic (exact) mass is 250 g/mol. The maximum atomic E-state index is 11.5. The number of hydrogen-bond donors (Lipinski definition) is 4. The first kappa shape index (κ1) is 12.7. The van der Waals surface area contributed by atoms with Gasteiger partial charge in [-0.25, -0.2) is 0 Å². The van der Waals surface area contributed by atoms with Crippen LogP contribution in [0, 0.1) is 0 Å². The smallest absolute Gasteiger partial charge is 0.322 e. The van der Waals surface area contributed by atoms with Crippen LogP contribution in [-0.4, -0.2) is 45.9 Å². The van der Waals surface area contributed by atoms with Gasteiger partial charge in [0.05, 0.1) is 10.9 Å². The first-order valence-electron chi connectivity index (χ1n) is 4.49. The molecule has 1 aliphatic rings. The normalized spacial score (nSPS) is 30.1. The molecule has 7 heteroatoms. The molecule has 1 unspecified atom stereocenters. The van der Waals surface area contributed by atoms with Gasteiger partial charge in [-0.3, -0.25) is 14.9 Å². The Balaban J connectivity index is 2.40. The van der Waals surface area contributed by atoms with E-state index < -0.39 is 5.97 Å². The van der Waals surface area contributed by atoms with Gasteiger partial charge in [-0.2, -0.15) is 12.6 Å². The number of thioether (sulfide) groups is 1. The molecule has 0 aromatic heterocycles. The summed E-state index contributed by atoms with van der Waals surface area (Å²) in [6.07, 6.45) is 0. The van der Waals surface area contributed by atoms with Gasteiger partial charge in [0.15, 0.2) is 0 Å². The van der Waals surface area contributed by atoms with Crippen LogP contribution in [0.4, 0.5) is 0 Å². The molecule has 15 heavy (non-hydrogen) atoms. The number of amides is 1. The lowest BCUT2D eigenvalue weighted by atomic mass is 10.2. The van der Waals surface area contributed by atoms with Gasteiger partial charge in [-0.15, -0.1) is 11.8 Å². The highest BCUT2D eigenvalue weighted by Gasteiger charge is 2.37. The molecular weight excluding hydrogens is 236 g/mol. The van der Waals surface area contributed by atoms with Crippen molar-refractivity contribution >= 4 is 36.3 Å². The van der Waals surface area contributed by atoms with Crippen molar-refractivity contribution in [2.24, 2.45) is 0 Å². The van der Waals surface area contributed by atoms with Gasteiger partial charge in [-0.05, 0) is 6.92 Å². The van der Waals surface area contributed by atoms with E-state index in [-0.39, 0.29) is 23.4 Å². The van der Waals surface area contributed by atoms with Crippen molar-refractivity contribution in [3.05, 3.63) is 0 Å². The summed E-state index contributed by atoms with van der Waals surface area (Å²) in [5.41, 5.74) is 0. The summed E-state index contributed by atoms with van der Waals surface area (Å²) in [6.45, 7) is 1.63. The van der Waals surface area contributed by atoms with E-state index in [0.29, 0.717) is 11.5 Å². The third kappa shape index (κ3) is 3.58. The van der Waals surface area contributed by atoms with Crippen molar-refractivity contribution in [2.75, 3.05) is 18.1 Å². The highest BCUT2D eigenvalue weighted by molar-refractivity contribution is 8.01. The van der Waals surface area contributed by atoms with E-state index in [9.17, 15) is 9.59 Å². The average Bonchev–Trinajstić information content (AvgIpc) is 2.58. The molecule has 0 saturated carbocycles. The molecule has 5 nitrogen and oxygen atoms in total. The average molecular weight is 250 g/mol. The molecule has 1 rings (SSSR count). The zero-order valence-corrected chi connectivity index (χ0v) is 10.0. The van der Waals surface area contributed by atoms with E-state index in [1.165, 1.54) is 0 Å². The van der Waals surface area contributed by atoms with Crippen molar-refractivity contribution in [3.8, 4) is 0 Å². The summed E-state index contributed by atoms with van der Waals surface area (Å²) in [4.78, 5) is 21.5. The fourth-order valence-electron chi connectivity index (χ4n) is 1.24. The first-order chi connectivity index (χ1) is 6.97. The number of thiol groups is 1. The third-order valence-corrected chi connectivity index (χ3v) is 4.33. The molecule has 1 heterocycles. The lowest BCUT2D eigenvalue weighted by molar-refractivity contribution is -0.138. The second-order valence-electron chi connectivity index (χ2n) is 3.51. The number of carbonyl (C=O) groups excluding carboxylic acids is 1. The number of nitrogens with one attached hydrogen (secondary N) is 2. The Kier molecular flexibility index (Phi) is 4.30. The molecule has 0 aliphatic carbocycles. The van der Waals surface area contributed by atoms with Crippen LogP contribution in [0.5, 0.6) is 0 Å². The molecule has 0 aromatic carbocycles. The van der Waals surface area contributed by atoms with Crippen molar-refractivity contribution in [1.29, 1.82) is 0 Å². The Morgan fingerprint density at radius 2 is 2.40 bits per heavy atom. The predicted octanol–water partition coefficient (Wildman–Crippen LogP) is -0.462. The molecule has 86 valence electrons. The summed E-state index contributed by atoms with van der Waals surface area (Å²) in [6, 6.07) is -0.327. The molecule has 0 radical (unpaired) electrons. The number of carboxylic acid groups (broad SMARTS) is 1. The minimum Gasteiger partial charge on any atom is -0.480 e. The van der Waals surface area contributed by atoms with E-state index >= 15 is 0 Å². The van der Waals surface area contributed by atoms with Crippen molar-refractivity contribution in [2.45, 2.75) is 17.8 Å². The minimum absolute atomic E-state index is 0.200. The molecule has 1 fully saturated rings. The van der Waals surface area contributed by atoms with E-state index in [2.05, 4.69) is 23.3 Å². The largest absolute Gasteiger partial charge is 0.480 e. The number of carbonyl (C=O) groups is 2. The van der Waals surface area contributed by atoms with Gasteiger partial charge in [0.2, 0.25) is 5.91 Å². The Morgan fingerprint density at radius 1 is 1.73 bits per heavy atom.